The second-order valence-electron chi connectivity index (χ2n) is 5.11. The number of aliphatic carboxylic acids is 1. The highest BCUT2D eigenvalue weighted by atomic mass is 35.5. The summed E-state index contributed by atoms with van der Waals surface area (Å²) in [5.74, 6) is 0.722. The fraction of sp³-hybridized carbons (Fsp3) is 0.278. The molecular weight excluding hydrogens is 367 g/mol. The molecular formula is C18H18Cl2O5. The summed E-state index contributed by atoms with van der Waals surface area (Å²) in [5.41, 5.74) is 0.770. The quantitative estimate of drug-likeness (QED) is 0.645. The Kier molecular flexibility index (Phi) is 7.22. The summed E-state index contributed by atoms with van der Waals surface area (Å²) >= 11 is 11.9. The summed E-state index contributed by atoms with van der Waals surface area (Å²) in [7, 11) is 1.53. The monoisotopic (exact) mass is 384 g/mol. The molecule has 0 radical (unpaired) electrons. The molecule has 1 N–H and O–H groups in total. The summed E-state index contributed by atoms with van der Waals surface area (Å²) < 4.78 is 16.6. The van der Waals surface area contributed by atoms with Crippen LogP contribution in [0.25, 0.3) is 0 Å². The molecule has 2 aromatic rings. The number of carboxylic acids is 1. The van der Waals surface area contributed by atoms with E-state index in [1.54, 1.807) is 30.3 Å². The van der Waals surface area contributed by atoms with Gasteiger partial charge >= 0.3 is 5.97 Å². The maximum atomic E-state index is 10.8. The standard InChI is InChI=1S/C18H18Cl2O5/c1-23-16-4-2-3-12(5-8-17(21)22)18(16)25-10-9-24-15-7-6-13(19)11-14(15)20/h2-4,6-7,11H,5,8-10H2,1H3,(H,21,22). The molecule has 0 unspecified atom stereocenters. The number of carboxylic acid groups (broad SMARTS) is 1. The van der Waals surface area contributed by atoms with Crippen molar-refractivity contribution in [3.8, 4) is 17.2 Å². The van der Waals surface area contributed by atoms with Crippen LogP contribution in [0.2, 0.25) is 10.0 Å². The molecule has 2 rings (SSSR count). The molecule has 0 saturated carbocycles. The van der Waals surface area contributed by atoms with Crippen molar-refractivity contribution in [2.75, 3.05) is 20.3 Å². The predicted octanol–water partition coefficient (Wildman–Crippen LogP) is 4.48. The molecule has 0 aliphatic heterocycles. The van der Waals surface area contributed by atoms with Gasteiger partial charge in [0.2, 0.25) is 0 Å². The Morgan fingerprint density at radius 3 is 2.52 bits per heavy atom. The number of methoxy groups -OCH3 is 1. The lowest BCUT2D eigenvalue weighted by molar-refractivity contribution is -0.136. The molecule has 0 aromatic heterocycles. The summed E-state index contributed by atoms with van der Waals surface area (Å²) in [5, 5.41) is 9.82. The third-order valence-electron chi connectivity index (χ3n) is 3.37. The first kappa shape index (κ1) is 19.2. The van der Waals surface area contributed by atoms with Crippen LogP contribution in [0.3, 0.4) is 0 Å². The second kappa shape index (κ2) is 9.39. The van der Waals surface area contributed by atoms with Gasteiger partial charge in [0.25, 0.3) is 0 Å². The van der Waals surface area contributed by atoms with E-state index in [0.717, 1.165) is 5.56 Å². The van der Waals surface area contributed by atoms with Crippen molar-refractivity contribution in [1.29, 1.82) is 0 Å². The van der Waals surface area contributed by atoms with Crippen LogP contribution in [0.5, 0.6) is 17.2 Å². The van der Waals surface area contributed by atoms with Gasteiger partial charge in [-0.25, -0.2) is 0 Å². The van der Waals surface area contributed by atoms with Crippen LogP contribution in [0, 0.1) is 0 Å². The van der Waals surface area contributed by atoms with Crippen molar-refractivity contribution >= 4 is 29.2 Å². The third-order valence-corrected chi connectivity index (χ3v) is 3.90. The smallest absolute Gasteiger partial charge is 0.303 e. The molecule has 0 heterocycles. The summed E-state index contributed by atoms with van der Waals surface area (Å²) in [6.45, 7) is 0.511. The minimum absolute atomic E-state index is 0.0143. The van der Waals surface area contributed by atoms with Gasteiger partial charge in [-0.2, -0.15) is 0 Å². The van der Waals surface area contributed by atoms with Crippen molar-refractivity contribution in [1.82, 2.24) is 0 Å². The molecule has 0 fully saturated rings. The van der Waals surface area contributed by atoms with Crippen LogP contribution in [-0.4, -0.2) is 31.4 Å². The van der Waals surface area contributed by atoms with Crippen molar-refractivity contribution in [2.24, 2.45) is 0 Å². The number of hydrogen-bond donors (Lipinski definition) is 1. The zero-order valence-corrected chi connectivity index (χ0v) is 15.1. The first-order valence-corrected chi connectivity index (χ1v) is 8.35. The lowest BCUT2D eigenvalue weighted by Gasteiger charge is -2.15. The Morgan fingerprint density at radius 1 is 1.08 bits per heavy atom. The molecule has 0 aliphatic carbocycles. The van der Waals surface area contributed by atoms with Crippen LogP contribution in [-0.2, 0) is 11.2 Å². The van der Waals surface area contributed by atoms with Gasteiger partial charge < -0.3 is 19.3 Å². The van der Waals surface area contributed by atoms with Crippen LogP contribution in [0.15, 0.2) is 36.4 Å². The highest BCUT2D eigenvalue weighted by Gasteiger charge is 2.12. The van der Waals surface area contributed by atoms with E-state index in [0.29, 0.717) is 33.7 Å². The van der Waals surface area contributed by atoms with Crippen LogP contribution >= 0.6 is 23.2 Å². The Bertz CT molecular complexity index is 733. The zero-order valence-electron chi connectivity index (χ0n) is 13.6. The Hall–Kier alpha value is -2.11. The number of hydrogen-bond acceptors (Lipinski definition) is 4. The predicted molar refractivity (Wildman–Crippen MR) is 96.4 cm³/mol. The van der Waals surface area contributed by atoms with Crippen LogP contribution in [0.1, 0.15) is 12.0 Å². The second-order valence-corrected chi connectivity index (χ2v) is 5.96. The number of rotatable bonds is 9. The largest absolute Gasteiger partial charge is 0.493 e. The average molecular weight is 385 g/mol. The van der Waals surface area contributed by atoms with Crippen LogP contribution < -0.4 is 14.2 Å². The molecule has 0 saturated heterocycles. The minimum atomic E-state index is -0.866. The first-order valence-electron chi connectivity index (χ1n) is 7.59. The number of benzene rings is 2. The summed E-state index contributed by atoms with van der Waals surface area (Å²) in [4.78, 5) is 10.8. The number of para-hydroxylation sites is 1. The average Bonchev–Trinajstić information content (AvgIpc) is 2.58. The molecule has 0 atom stereocenters. The molecule has 0 spiro atoms. The van der Waals surface area contributed by atoms with Crippen molar-refractivity contribution < 1.29 is 24.1 Å². The van der Waals surface area contributed by atoms with Gasteiger partial charge in [0.1, 0.15) is 19.0 Å². The SMILES string of the molecule is COc1cccc(CCC(=O)O)c1OCCOc1ccc(Cl)cc1Cl. The van der Waals surface area contributed by atoms with E-state index in [2.05, 4.69) is 0 Å². The van der Waals surface area contributed by atoms with Gasteiger partial charge in [-0.15, -0.1) is 0 Å². The van der Waals surface area contributed by atoms with E-state index in [9.17, 15) is 4.79 Å². The molecule has 5 nitrogen and oxygen atoms in total. The molecule has 0 amide bonds. The van der Waals surface area contributed by atoms with E-state index < -0.39 is 5.97 Å². The minimum Gasteiger partial charge on any atom is -0.493 e. The van der Waals surface area contributed by atoms with Gasteiger partial charge in [0.15, 0.2) is 11.5 Å². The Morgan fingerprint density at radius 2 is 1.84 bits per heavy atom. The fourth-order valence-electron chi connectivity index (χ4n) is 2.21. The number of aryl methyl sites for hydroxylation is 1. The number of carbonyl (C=O) groups is 1. The van der Waals surface area contributed by atoms with Crippen LogP contribution in [0.4, 0.5) is 0 Å². The van der Waals surface area contributed by atoms with Crippen molar-refractivity contribution in [3.63, 3.8) is 0 Å². The van der Waals surface area contributed by atoms with Gasteiger partial charge in [-0.1, -0.05) is 35.3 Å². The van der Waals surface area contributed by atoms with E-state index >= 15 is 0 Å². The summed E-state index contributed by atoms with van der Waals surface area (Å²) in [6, 6.07) is 10.4. The first-order chi connectivity index (χ1) is 12.0. The van der Waals surface area contributed by atoms with Crippen molar-refractivity contribution in [3.05, 3.63) is 52.0 Å². The maximum Gasteiger partial charge on any atom is 0.303 e. The number of ether oxygens (including phenoxy) is 3. The fourth-order valence-corrected chi connectivity index (χ4v) is 2.67. The normalized spacial score (nSPS) is 10.4. The van der Waals surface area contributed by atoms with E-state index in [1.165, 1.54) is 7.11 Å². The molecule has 25 heavy (non-hydrogen) atoms. The van der Waals surface area contributed by atoms with E-state index in [1.807, 2.05) is 6.07 Å². The highest BCUT2D eigenvalue weighted by molar-refractivity contribution is 6.35. The van der Waals surface area contributed by atoms with Gasteiger partial charge in [-0.05, 0) is 36.2 Å². The van der Waals surface area contributed by atoms with Crippen molar-refractivity contribution in [2.45, 2.75) is 12.8 Å². The zero-order chi connectivity index (χ0) is 18.2. The third kappa shape index (κ3) is 5.73. The molecule has 0 aliphatic rings. The van der Waals surface area contributed by atoms with E-state index in [-0.39, 0.29) is 19.6 Å². The Balaban J connectivity index is 1.98. The van der Waals surface area contributed by atoms with E-state index in [4.69, 9.17) is 42.5 Å². The van der Waals surface area contributed by atoms with Gasteiger partial charge in [0, 0.05) is 11.4 Å². The molecule has 0 bridgehead atoms. The van der Waals surface area contributed by atoms with Gasteiger partial charge in [-0.3, -0.25) is 4.79 Å². The van der Waals surface area contributed by atoms with Gasteiger partial charge in [0.05, 0.1) is 12.1 Å². The molecule has 134 valence electrons. The lowest BCUT2D eigenvalue weighted by Crippen LogP contribution is -2.11. The molecule has 2 aromatic carbocycles. The lowest BCUT2D eigenvalue weighted by atomic mass is 10.1. The highest BCUT2D eigenvalue weighted by Crippen LogP contribution is 2.32. The molecule has 7 heteroatoms. The number of halogens is 2. The maximum absolute atomic E-state index is 10.8. The Labute approximate surface area is 156 Å². The summed E-state index contributed by atoms with van der Waals surface area (Å²) in [6.07, 6.45) is 0.367. The topological polar surface area (TPSA) is 65.0 Å².